The first-order valence-corrected chi connectivity index (χ1v) is 7.79. The van der Waals surface area contributed by atoms with Crippen molar-refractivity contribution in [3.63, 3.8) is 0 Å². The Bertz CT molecular complexity index is 776. The molecule has 0 N–H and O–H groups in total. The highest BCUT2D eigenvalue weighted by Gasteiger charge is 2.39. The molecule has 0 spiro atoms. The van der Waals surface area contributed by atoms with E-state index in [4.69, 9.17) is 0 Å². The fraction of sp³-hybridized carbons (Fsp3) is 0.316. The number of rotatable bonds is 1. The van der Waals surface area contributed by atoms with Crippen molar-refractivity contribution in [2.75, 3.05) is 11.9 Å². The number of pyridine rings is 1. The molecule has 1 aromatic heterocycles. The van der Waals surface area contributed by atoms with Crippen molar-refractivity contribution >= 4 is 5.69 Å². The molecule has 2 aromatic rings. The van der Waals surface area contributed by atoms with Crippen LogP contribution in [0.1, 0.15) is 31.9 Å². The van der Waals surface area contributed by atoms with Gasteiger partial charge in [-0.15, -0.1) is 0 Å². The molecular weight excluding hydrogens is 270 g/mol. The summed E-state index contributed by atoms with van der Waals surface area (Å²) in [4.78, 5) is 8.93. The third-order valence-electron chi connectivity index (χ3n) is 5.18. The number of hydrogen-bond donors (Lipinski definition) is 0. The number of anilines is 1. The third-order valence-corrected chi connectivity index (χ3v) is 5.18. The second-order valence-corrected chi connectivity index (χ2v) is 6.75. The fourth-order valence-corrected chi connectivity index (χ4v) is 3.83. The molecule has 2 heterocycles. The summed E-state index contributed by atoms with van der Waals surface area (Å²) >= 11 is 0. The fourth-order valence-electron chi connectivity index (χ4n) is 3.83. The zero-order valence-electron chi connectivity index (χ0n) is 13.5. The first-order valence-electron chi connectivity index (χ1n) is 7.79. The number of nitrogens with zero attached hydrogens (tertiary/aromatic N) is 3. The van der Waals surface area contributed by atoms with Gasteiger partial charge >= 0.3 is 0 Å². The summed E-state index contributed by atoms with van der Waals surface area (Å²) in [6.45, 7) is 6.86. The van der Waals surface area contributed by atoms with Crippen molar-refractivity contribution in [2.24, 2.45) is 0 Å². The number of benzene rings is 1. The summed E-state index contributed by atoms with van der Waals surface area (Å²) < 4.78 is 0. The lowest BCUT2D eigenvalue weighted by atomic mass is 9.81. The van der Waals surface area contributed by atoms with Gasteiger partial charge in [0.2, 0.25) is 0 Å². The Morgan fingerprint density at radius 2 is 1.91 bits per heavy atom. The van der Waals surface area contributed by atoms with E-state index in [0.717, 1.165) is 0 Å². The Balaban J connectivity index is 1.95. The molecule has 1 aliphatic carbocycles. The molecule has 0 saturated heterocycles. The lowest BCUT2D eigenvalue weighted by molar-refractivity contribution is 0.382. The summed E-state index contributed by atoms with van der Waals surface area (Å²) in [6, 6.07) is 8.78. The van der Waals surface area contributed by atoms with Crippen molar-refractivity contribution in [2.45, 2.75) is 32.4 Å². The van der Waals surface area contributed by atoms with Gasteiger partial charge in [-0.2, -0.15) is 0 Å². The van der Waals surface area contributed by atoms with Crippen LogP contribution in [0.5, 0.6) is 0 Å². The van der Waals surface area contributed by atoms with Crippen molar-refractivity contribution in [3.8, 4) is 11.1 Å². The van der Waals surface area contributed by atoms with Gasteiger partial charge < -0.3 is 9.80 Å². The zero-order valence-corrected chi connectivity index (χ0v) is 13.5. The molecule has 3 nitrogen and oxygen atoms in total. The van der Waals surface area contributed by atoms with E-state index >= 15 is 0 Å². The molecule has 2 aliphatic rings. The molecule has 0 unspecified atom stereocenters. The zero-order chi connectivity index (χ0) is 15.5. The first kappa shape index (κ1) is 13.4. The highest BCUT2D eigenvalue weighted by Crippen LogP contribution is 2.52. The molecule has 0 bridgehead atoms. The lowest BCUT2D eigenvalue weighted by Gasteiger charge is -2.32. The van der Waals surface area contributed by atoms with E-state index in [1.54, 1.807) is 0 Å². The van der Waals surface area contributed by atoms with Crippen LogP contribution in [-0.4, -0.2) is 23.1 Å². The average molecular weight is 291 g/mol. The minimum absolute atomic E-state index is 0.00107. The number of aromatic nitrogens is 1. The van der Waals surface area contributed by atoms with E-state index in [0.29, 0.717) is 6.17 Å². The standard InChI is InChI=1S/C19H21N3/c1-13-21(4)10-11-22(13)17-7-5-6-14-15-12-20-9-8-16(15)19(2,3)18(14)17/h5-13H,1-4H3/t13-/m0/s1. The number of fused-ring (bicyclic) bond motifs is 3. The van der Waals surface area contributed by atoms with Gasteiger partial charge in [-0.25, -0.2) is 0 Å². The molecule has 1 atom stereocenters. The Morgan fingerprint density at radius 1 is 1.09 bits per heavy atom. The Labute approximate surface area is 131 Å². The van der Waals surface area contributed by atoms with Crippen molar-refractivity contribution in [1.82, 2.24) is 9.88 Å². The molecule has 0 radical (unpaired) electrons. The molecule has 1 aromatic carbocycles. The molecular formula is C19H21N3. The van der Waals surface area contributed by atoms with Crippen LogP contribution in [-0.2, 0) is 5.41 Å². The largest absolute Gasteiger partial charge is 0.359 e. The molecule has 3 heteroatoms. The second-order valence-electron chi connectivity index (χ2n) is 6.75. The maximum absolute atomic E-state index is 4.34. The van der Waals surface area contributed by atoms with Gasteiger partial charge in [0, 0.05) is 48.5 Å². The lowest BCUT2D eigenvalue weighted by Crippen LogP contribution is -2.34. The van der Waals surface area contributed by atoms with Gasteiger partial charge in [-0.05, 0) is 35.7 Å². The third kappa shape index (κ3) is 1.59. The van der Waals surface area contributed by atoms with E-state index < -0.39 is 0 Å². The maximum atomic E-state index is 4.34. The molecule has 22 heavy (non-hydrogen) atoms. The summed E-state index contributed by atoms with van der Waals surface area (Å²) in [5, 5.41) is 0. The minimum Gasteiger partial charge on any atom is -0.359 e. The SMILES string of the molecule is C[C@H]1N(C)C=CN1c1cccc2c1C(C)(C)c1ccncc1-2. The van der Waals surface area contributed by atoms with E-state index in [1.165, 1.54) is 27.9 Å². The van der Waals surface area contributed by atoms with Crippen molar-refractivity contribution in [3.05, 3.63) is 60.2 Å². The maximum Gasteiger partial charge on any atom is 0.102 e. The van der Waals surface area contributed by atoms with Crippen LogP contribution in [0.15, 0.2) is 49.1 Å². The van der Waals surface area contributed by atoms with Gasteiger partial charge in [-0.3, -0.25) is 4.98 Å². The summed E-state index contributed by atoms with van der Waals surface area (Å²) in [7, 11) is 2.12. The van der Waals surface area contributed by atoms with Gasteiger partial charge in [0.05, 0.1) is 0 Å². The summed E-state index contributed by atoms with van der Waals surface area (Å²) in [5.74, 6) is 0. The van der Waals surface area contributed by atoms with Crippen LogP contribution in [0.25, 0.3) is 11.1 Å². The highest BCUT2D eigenvalue weighted by molar-refractivity contribution is 5.86. The first-order chi connectivity index (χ1) is 10.5. The van der Waals surface area contributed by atoms with Crippen LogP contribution in [0.4, 0.5) is 5.69 Å². The highest BCUT2D eigenvalue weighted by atomic mass is 15.4. The Kier molecular flexibility index (Phi) is 2.65. The van der Waals surface area contributed by atoms with Crippen molar-refractivity contribution in [1.29, 1.82) is 0 Å². The normalized spacial score (nSPS) is 21.2. The summed E-state index contributed by atoms with van der Waals surface area (Å²) in [6.07, 6.45) is 8.56. The van der Waals surface area contributed by atoms with Crippen LogP contribution < -0.4 is 4.90 Å². The second kappa shape index (κ2) is 4.35. The van der Waals surface area contributed by atoms with Crippen LogP contribution in [0.2, 0.25) is 0 Å². The molecule has 0 fully saturated rings. The smallest absolute Gasteiger partial charge is 0.102 e. The van der Waals surface area contributed by atoms with E-state index in [9.17, 15) is 0 Å². The molecule has 4 rings (SSSR count). The van der Waals surface area contributed by atoms with Gasteiger partial charge in [0.25, 0.3) is 0 Å². The van der Waals surface area contributed by atoms with E-state index in [1.807, 2.05) is 12.4 Å². The minimum atomic E-state index is -0.00107. The van der Waals surface area contributed by atoms with Crippen molar-refractivity contribution < 1.29 is 0 Å². The van der Waals surface area contributed by atoms with E-state index in [-0.39, 0.29) is 5.41 Å². The number of hydrogen-bond acceptors (Lipinski definition) is 3. The quantitative estimate of drug-likeness (QED) is 0.793. The molecule has 1 aliphatic heterocycles. The Hall–Kier alpha value is -2.29. The monoisotopic (exact) mass is 291 g/mol. The van der Waals surface area contributed by atoms with Gasteiger partial charge in [0.1, 0.15) is 6.17 Å². The van der Waals surface area contributed by atoms with E-state index in [2.05, 4.69) is 79.3 Å². The molecule has 0 amide bonds. The van der Waals surface area contributed by atoms with Gasteiger partial charge in [0.15, 0.2) is 0 Å². The predicted octanol–water partition coefficient (Wildman–Crippen LogP) is 3.96. The Morgan fingerprint density at radius 3 is 2.64 bits per heavy atom. The topological polar surface area (TPSA) is 19.4 Å². The van der Waals surface area contributed by atoms with Crippen LogP contribution >= 0.6 is 0 Å². The predicted molar refractivity (Wildman–Crippen MR) is 90.6 cm³/mol. The van der Waals surface area contributed by atoms with Crippen LogP contribution in [0, 0.1) is 0 Å². The van der Waals surface area contributed by atoms with Crippen LogP contribution in [0.3, 0.4) is 0 Å². The molecule has 0 saturated carbocycles. The average Bonchev–Trinajstić information content (AvgIpc) is 2.97. The van der Waals surface area contributed by atoms with Gasteiger partial charge in [-0.1, -0.05) is 26.0 Å². The molecule has 112 valence electrons. The summed E-state index contributed by atoms with van der Waals surface area (Å²) in [5.41, 5.74) is 6.67.